The van der Waals surface area contributed by atoms with E-state index in [1.807, 2.05) is 0 Å². The third-order valence-electron chi connectivity index (χ3n) is 3.12. The Morgan fingerprint density at radius 3 is 2.52 bits per heavy atom. The van der Waals surface area contributed by atoms with Crippen LogP contribution in [-0.4, -0.2) is 34.5 Å². The molecule has 0 spiro atoms. The van der Waals surface area contributed by atoms with E-state index in [0.717, 1.165) is 5.33 Å². The smallest absolute Gasteiger partial charge is 0.238 e. The molecule has 7 heteroatoms. The van der Waals surface area contributed by atoms with Crippen LogP contribution in [0.3, 0.4) is 0 Å². The first-order valence-corrected chi connectivity index (χ1v) is 8.99. The first-order valence-electron chi connectivity index (χ1n) is 6.42. The van der Waals surface area contributed by atoms with E-state index in [0.29, 0.717) is 18.0 Å². The van der Waals surface area contributed by atoms with Crippen molar-refractivity contribution in [2.75, 3.05) is 22.7 Å². The van der Waals surface area contributed by atoms with E-state index in [-0.39, 0.29) is 28.9 Å². The summed E-state index contributed by atoms with van der Waals surface area (Å²) >= 11 is 12.5. The average Bonchev–Trinajstić information content (AvgIpc) is 2.79. The van der Waals surface area contributed by atoms with Gasteiger partial charge in [0.05, 0.1) is 16.4 Å². The summed E-state index contributed by atoms with van der Waals surface area (Å²) in [6, 6.07) is 6.91. The summed E-state index contributed by atoms with van der Waals surface area (Å²) in [7, 11) is 0. The molecular weight excluding hydrogens is 425 g/mol. The van der Waals surface area contributed by atoms with Gasteiger partial charge in [-0.3, -0.25) is 14.5 Å². The van der Waals surface area contributed by atoms with Crippen molar-refractivity contribution in [1.82, 2.24) is 0 Å². The fourth-order valence-corrected chi connectivity index (χ4v) is 2.57. The molecule has 1 aromatic rings. The predicted molar refractivity (Wildman–Crippen MR) is 89.8 cm³/mol. The number of alkyl halides is 3. The zero-order chi connectivity index (χ0) is 15.4. The Morgan fingerprint density at radius 2 is 2.00 bits per heavy atom. The van der Waals surface area contributed by atoms with Crippen LogP contribution in [0.2, 0.25) is 0 Å². The number of rotatable bonds is 6. The zero-order valence-electron chi connectivity index (χ0n) is 11.1. The summed E-state index contributed by atoms with van der Waals surface area (Å²) in [6.45, 7) is 0.528. The maximum atomic E-state index is 12.1. The molecule has 0 saturated carbocycles. The predicted octanol–water partition coefficient (Wildman–Crippen LogP) is 3.34. The lowest BCUT2D eigenvalue weighted by atomic mass is 10.1. The van der Waals surface area contributed by atoms with Crippen molar-refractivity contribution in [3.63, 3.8) is 0 Å². The number of ether oxygens (including phenoxy) is 1. The average molecular weight is 440 g/mol. The van der Waals surface area contributed by atoms with Crippen molar-refractivity contribution in [1.29, 1.82) is 0 Å². The molecule has 0 radical (unpaired) electrons. The third kappa shape index (κ3) is 3.99. The summed E-state index contributed by atoms with van der Waals surface area (Å²) in [4.78, 5) is 25.4. The molecule has 0 bridgehead atoms. The Balaban J connectivity index is 2.05. The van der Waals surface area contributed by atoms with Crippen LogP contribution >= 0.6 is 43.5 Å². The van der Waals surface area contributed by atoms with Crippen molar-refractivity contribution in [2.45, 2.75) is 11.2 Å². The van der Waals surface area contributed by atoms with E-state index in [4.69, 9.17) is 16.3 Å². The second-order valence-corrected chi connectivity index (χ2v) is 6.93. The molecule has 1 aliphatic heterocycles. The number of anilines is 1. The monoisotopic (exact) mass is 437 g/mol. The standard InChI is InChI=1S/C14H14Br2ClNO3/c15-6-10(16)8-21-12-3-1-11(2-4-12)18-13(19)5-9(7-17)14(18)20/h1-4,9-10H,5-8H2. The fraction of sp³-hybridized carbons (Fsp3) is 0.429. The molecule has 4 nitrogen and oxygen atoms in total. The quantitative estimate of drug-likeness (QED) is 0.505. The van der Waals surface area contributed by atoms with Gasteiger partial charge >= 0.3 is 0 Å². The first-order chi connectivity index (χ1) is 10.1. The van der Waals surface area contributed by atoms with Crippen LogP contribution in [0.4, 0.5) is 5.69 Å². The van der Waals surface area contributed by atoms with Crippen LogP contribution in [0.1, 0.15) is 6.42 Å². The lowest BCUT2D eigenvalue weighted by Crippen LogP contribution is -2.30. The maximum absolute atomic E-state index is 12.1. The molecule has 1 aliphatic rings. The molecule has 1 aromatic carbocycles. The number of benzene rings is 1. The first kappa shape index (κ1) is 16.8. The van der Waals surface area contributed by atoms with E-state index in [1.54, 1.807) is 24.3 Å². The molecule has 0 N–H and O–H groups in total. The molecule has 0 aliphatic carbocycles. The van der Waals surface area contributed by atoms with Crippen molar-refractivity contribution in [2.24, 2.45) is 5.92 Å². The van der Waals surface area contributed by atoms with Gasteiger partial charge in [0.25, 0.3) is 0 Å². The SMILES string of the molecule is O=C1CC(CCl)C(=O)N1c1ccc(OCC(Br)CBr)cc1. The van der Waals surface area contributed by atoms with Gasteiger partial charge in [-0.25, -0.2) is 0 Å². The lowest BCUT2D eigenvalue weighted by Gasteiger charge is -2.15. The summed E-state index contributed by atoms with van der Waals surface area (Å²) in [5.41, 5.74) is 0.556. The van der Waals surface area contributed by atoms with Crippen LogP contribution in [0.15, 0.2) is 24.3 Å². The van der Waals surface area contributed by atoms with Crippen molar-refractivity contribution in [3.8, 4) is 5.75 Å². The Bertz CT molecular complexity index is 523. The minimum atomic E-state index is -0.414. The van der Waals surface area contributed by atoms with Gasteiger partial charge in [0.1, 0.15) is 12.4 Å². The van der Waals surface area contributed by atoms with Gasteiger partial charge in [-0.1, -0.05) is 31.9 Å². The Labute approximate surface area is 145 Å². The zero-order valence-corrected chi connectivity index (χ0v) is 15.0. The summed E-state index contributed by atoms with van der Waals surface area (Å²) in [6.07, 6.45) is 0.178. The van der Waals surface area contributed by atoms with Gasteiger partial charge in [0, 0.05) is 17.6 Å². The van der Waals surface area contributed by atoms with E-state index in [1.165, 1.54) is 4.90 Å². The third-order valence-corrected chi connectivity index (χ3v) is 5.73. The van der Waals surface area contributed by atoms with Gasteiger partial charge in [0.15, 0.2) is 0 Å². The number of imide groups is 1. The minimum Gasteiger partial charge on any atom is -0.492 e. The summed E-state index contributed by atoms with van der Waals surface area (Å²) < 4.78 is 5.59. The van der Waals surface area contributed by atoms with Crippen LogP contribution in [-0.2, 0) is 9.59 Å². The van der Waals surface area contributed by atoms with E-state index in [9.17, 15) is 9.59 Å². The van der Waals surface area contributed by atoms with Crippen LogP contribution < -0.4 is 9.64 Å². The Morgan fingerprint density at radius 1 is 1.33 bits per heavy atom. The topological polar surface area (TPSA) is 46.6 Å². The highest BCUT2D eigenvalue weighted by Crippen LogP contribution is 2.28. The largest absolute Gasteiger partial charge is 0.492 e. The van der Waals surface area contributed by atoms with Crippen molar-refractivity contribution < 1.29 is 14.3 Å². The number of nitrogens with zero attached hydrogens (tertiary/aromatic N) is 1. The highest BCUT2D eigenvalue weighted by Gasteiger charge is 2.38. The second-order valence-electron chi connectivity index (χ2n) is 4.68. The van der Waals surface area contributed by atoms with Gasteiger partial charge in [-0.05, 0) is 24.3 Å². The molecule has 1 saturated heterocycles. The molecular formula is C14H14Br2ClNO3. The minimum absolute atomic E-state index is 0.168. The number of hydrogen-bond donors (Lipinski definition) is 0. The van der Waals surface area contributed by atoms with Crippen molar-refractivity contribution >= 4 is 61.0 Å². The van der Waals surface area contributed by atoms with Crippen LogP contribution in [0, 0.1) is 5.92 Å². The molecule has 114 valence electrons. The van der Waals surface area contributed by atoms with E-state index < -0.39 is 5.92 Å². The number of carbonyl (C=O) groups is 2. The Kier molecular flexibility index (Phi) is 6.08. The molecule has 2 atom stereocenters. The lowest BCUT2D eigenvalue weighted by molar-refractivity contribution is -0.122. The molecule has 21 heavy (non-hydrogen) atoms. The van der Waals surface area contributed by atoms with Gasteiger partial charge in [0.2, 0.25) is 11.8 Å². The van der Waals surface area contributed by atoms with Gasteiger partial charge < -0.3 is 4.74 Å². The number of hydrogen-bond acceptors (Lipinski definition) is 3. The van der Waals surface area contributed by atoms with Crippen molar-refractivity contribution in [3.05, 3.63) is 24.3 Å². The fourth-order valence-electron chi connectivity index (χ4n) is 2.01. The molecule has 2 rings (SSSR count). The number of carbonyl (C=O) groups excluding carboxylic acids is 2. The van der Waals surface area contributed by atoms with Gasteiger partial charge in [-0.15, -0.1) is 11.6 Å². The highest BCUT2D eigenvalue weighted by molar-refractivity contribution is 9.12. The number of halogens is 3. The van der Waals surface area contributed by atoms with Gasteiger partial charge in [-0.2, -0.15) is 0 Å². The molecule has 2 unspecified atom stereocenters. The summed E-state index contributed by atoms with van der Waals surface area (Å²) in [5.74, 6) is 0.00415. The second kappa shape index (κ2) is 7.61. The molecule has 0 aromatic heterocycles. The highest BCUT2D eigenvalue weighted by atomic mass is 79.9. The van der Waals surface area contributed by atoms with Crippen LogP contribution in [0.5, 0.6) is 5.75 Å². The van der Waals surface area contributed by atoms with E-state index >= 15 is 0 Å². The molecule has 2 amide bonds. The van der Waals surface area contributed by atoms with E-state index in [2.05, 4.69) is 31.9 Å². The van der Waals surface area contributed by atoms with Crippen LogP contribution in [0.25, 0.3) is 0 Å². The normalized spacial score (nSPS) is 20.0. The Hall–Kier alpha value is -0.590. The molecule has 1 heterocycles. The summed E-state index contributed by atoms with van der Waals surface area (Å²) in [5, 5.41) is 0.793. The number of amides is 2. The molecule has 1 fully saturated rings. The maximum Gasteiger partial charge on any atom is 0.238 e.